The van der Waals surface area contributed by atoms with E-state index in [0.29, 0.717) is 32.0 Å². The summed E-state index contributed by atoms with van der Waals surface area (Å²) in [6.07, 6.45) is -3.27. The first-order chi connectivity index (χ1) is 11.4. The van der Waals surface area contributed by atoms with Gasteiger partial charge >= 0.3 is 6.18 Å². The number of carbonyl (C=O) groups is 1. The van der Waals surface area contributed by atoms with Crippen molar-refractivity contribution < 1.29 is 18.0 Å². The quantitative estimate of drug-likeness (QED) is 0.487. The number of hydrogen-bond acceptors (Lipinski definition) is 4. The summed E-state index contributed by atoms with van der Waals surface area (Å²) in [7, 11) is 0. The predicted octanol–water partition coefficient (Wildman–Crippen LogP) is 2.13. The van der Waals surface area contributed by atoms with Crippen molar-refractivity contribution in [3.63, 3.8) is 0 Å². The average Bonchev–Trinajstić information content (AvgIpc) is 2.99. The van der Waals surface area contributed by atoms with Gasteiger partial charge in [-0.3, -0.25) is 4.79 Å². The van der Waals surface area contributed by atoms with Crippen LogP contribution in [0.4, 0.5) is 13.2 Å². The first-order valence-electron chi connectivity index (χ1n) is 7.67. The minimum Gasteiger partial charge on any atom is -0.357 e. The van der Waals surface area contributed by atoms with Gasteiger partial charge in [0.15, 0.2) is 11.7 Å². The highest BCUT2D eigenvalue weighted by Gasteiger charge is 2.33. The molecular weight excluding hydrogens is 343 g/mol. The van der Waals surface area contributed by atoms with Crippen LogP contribution in [0.2, 0.25) is 0 Å². The molecule has 0 atom stereocenters. The Morgan fingerprint density at radius 1 is 1.25 bits per heavy atom. The monoisotopic (exact) mass is 365 g/mol. The molecule has 0 spiro atoms. The van der Waals surface area contributed by atoms with Crippen molar-refractivity contribution in [1.29, 1.82) is 0 Å². The molecule has 0 fully saturated rings. The summed E-state index contributed by atoms with van der Waals surface area (Å²) < 4.78 is 37.5. The molecule has 136 valence electrons. The van der Waals surface area contributed by atoms with E-state index < -0.39 is 11.9 Å². The lowest BCUT2D eigenvalue weighted by atomic mass is 10.4. The summed E-state index contributed by atoms with van der Waals surface area (Å²) >= 11 is 0.916. The summed E-state index contributed by atoms with van der Waals surface area (Å²) in [6.45, 7) is 5.50. The van der Waals surface area contributed by atoms with Crippen molar-refractivity contribution in [1.82, 2.24) is 20.9 Å². The molecule has 24 heavy (non-hydrogen) atoms. The third kappa shape index (κ3) is 7.62. The lowest BCUT2D eigenvalue weighted by molar-refractivity contribution is -0.140. The molecule has 10 heteroatoms. The number of aliphatic imine (C=N–C) groups is 1. The number of nitrogens with one attached hydrogen (secondary N) is 3. The fourth-order valence-electron chi connectivity index (χ4n) is 1.65. The number of thiazole rings is 1. The Bertz CT molecular complexity index is 545. The second-order valence-corrected chi connectivity index (χ2v) is 5.79. The molecule has 0 saturated carbocycles. The average molecular weight is 365 g/mol. The van der Waals surface area contributed by atoms with Crippen LogP contribution in [0.1, 0.15) is 37.4 Å². The van der Waals surface area contributed by atoms with Gasteiger partial charge in [-0.25, -0.2) is 9.98 Å². The van der Waals surface area contributed by atoms with Crippen molar-refractivity contribution in [2.24, 2.45) is 4.99 Å². The van der Waals surface area contributed by atoms with Crippen LogP contribution < -0.4 is 16.0 Å². The Hall–Kier alpha value is -1.84. The fraction of sp³-hybridized carbons (Fsp3) is 0.643. The molecule has 0 radical (unpaired) electrons. The number of rotatable bonds is 8. The maximum atomic E-state index is 12.5. The van der Waals surface area contributed by atoms with Crippen LogP contribution in [0, 0.1) is 0 Å². The van der Waals surface area contributed by atoms with Crippen LogP contribution in [0.5, 0.6) is 0 Å². The van der Waals surface area contributed by atoms with Crippen molar-refractivity contribution in [2.75, 3.05) is 19.6 Å². The van der Waals surface area contributed by atoms with E-state index in [1.165, 1.54) is 0 Å². The lowest BCUT2D eigenvalue weighted by Crippen LogP contribution is -2.39. The zero-order valence-electron chi connectivity index (χ0n) is 13.7. The van der Waals surface area contributed by atoms with E-state index in [4.69, 9.17) is 0 Å². The summed E-state index contributed by atoms with van der Waals surface area (Å²) in [4.78, 5) is 19.2. The Kier molecular flexibility index (Phi) is 8.51. The molecule has 0 aliphatic heterocycles. The molecule has 1 aromatic heterocycles. The van der Waals surface area contributed by atoms with Gasteiger partial charge in [-0.2, -0.15) is 13.2 Å². The van der Waals surface area contributed by atoms with Crippen molar-refractivity contribution in [3.8, 4) is 0 Å². The molecule has 1 amide bonds. The maximum Gasteiger partial charge on any atom is 0.434 e. The summed E-state index contributed by atoms with van der Waals surface area (Å²) in [5.74, 6) is 0.375. The first-order valence-corrected chi connectivity index (χ1v) is 8.55. The first kappa shape index (κ1) is 20.2. The molecule has 0 aliphatic carbocycles. The molecule has 0 aromatic carbocycles. The molecule has 1 aromatic rings. The molecule has 0 saturated heterocycles. The van der Waals surface area contributed by atoms with Gasteiger partial charge in [0.05, 0.1) is 6.54 Å². The van der Waals surface area contributed by atoms with Gasteiger partial charge in [0, 0.05) is 31.4 Å². The Balaban J connectivity index is 2.50. The number of alkyl halides is 3. The highest BCUT2D eigenvalue weighted by molar-refractivity contribution is 7.09. The fourth-order valence-corrected chi connectivity index (χ4v) is 2.37. The molecule has 0 aliphatic rings. The van der Waals surface area contributed by atoms with Crippen LogP contribution in [-0.2, 0) is 17.5 Å². The second-order valence-electron chi connectivity index (χ2n) is 4.85. The number of aromatic nitrogens is 1. The Labute approximate surface area is 143 Å². The van der Waals surface area contributed by atoms with Crippen LogP contribution >= 0.6 is 11.3 Å². The van der Waals surface area contributed by atoms with Crippen molar-refractivity contribution in [2.45, 2.75) is 39.4 Å². The number of carbonyl (C=O) groups excluding carboxylic acids is 1. The SMILES string of the molecule is CCCNC(=O)CCNC(=NCc1nc(C(F)(F)F)cs1)NCC. The minimum atomic E-state index is -4.44. The van der Waals surface area contributed by atoms with Gasteiger partial charge in [-0.15, -0.1) is 11.3 Å². The van der Waals surface area contributed by atoms with E-state index in [-0.39, 0.29) is 17.5 Å². The van der Waals surface area contributed by atoms with E-state index in [9.17, 15) is 18.0 Å². The minimum absolute atomic E-state index is 0.0398. The number of amides is 1. The third-order valence-corrected chi connectivity index (χ3v) is 3.61. The van der Waals surface area contributed by atoms with Gasteiger partial charge in [0.1, 0.15) is 5.01 Å². The zero-order valence-corrected chi connectivity index (χ0v) is 14.5. The normalized spacial score (nSPS) is 12.1. The summed E-state index contributed by atoms with van der Waals surface area (Å²) in [6, 6.07) is 0. The highest BCUT2D eigenvalue weighted by Crippen LogP contribution is 2.30. The number of nitrogens with zero attached hydrogens (tertiary/aromatic N) is 2. The Morgan fingerprint density at radius 2 is 2.00 bits per heavy atom. The maximum absolute atomic E-state index is 12.5. The third-order valence-electron chi connectivity index (χ3n) is 2.78. The van der Waals surface area contributed by atoms with Gasteiger partial charge < -0.3 is 16.0 Å². The molecule has 6 nitrogen and oxygen atoms in total. The van der Waals surface area contributed by atoms with E-state index in [1.54, 1.807) is 0 Å². The highest BCUT2D eigenvalue weighted by atomic mass is 32.1. The van der Waals surface area contributed by atoms with E-state index in [1.807, 2.05) is 13.8 Å². The molecule has 0 unspecified atom stereocenters. The largest absolute Gasteiger partial charge is 0.434 e. The van der Waals surface area contributed by atoms with Crippen LogP contribution in [0.3, 0.4) is 0 Å². The van der Waals surface area contributed by atoms with Crippen molar-refractivity contribution in [3.05, 3.63) is 16.1 Å². The Morgan fingerprint density at radius 3 is 2.58 bits per heavy atom. The summed E-state index contributed by atoms with van der Waals surface area (Å²) in [5.41, 5.74) is -0.900. The summed E-state index contributed by atoms with van der Waals surface area (Å²) in [5, 5.41) is 9.95. The van der Waals surface area contributed by atoms with Gasteiger partial charge in [-0.05, 0) is 13.3 Å². The predicted molar refractivity (Wildman–Crippen MR) is 87.9 cm³/mol. The molecule has 3 N–H and O–H groups in total. The van der Waals surface area contributed by atoms with E-state index in [2.05, 4.69) is 25.9 Å². The standard InChI is InChI=1S/C14H22F3N5OS/c1-3-6-19-11(23)5-7-20-13(18-4-2)21-8-12-22-10(9-24-12)14(15,16)17/h9H,3-8H2,1-2H3,(H,19,23)(H2,18,20,21). The molecule has 1 rings (SSSR count). The van der Waals surface area contributed by atoms with E-state index >= 15 is 0 Å². The zero-order chi connectivity index (χ0) is 18.0. The van der Waals surface area contributed by atoms with Gasteiger partial charge in [-0.1, -0.05) is 6.92 Å². The van der Waals surface area contributed by atoms with Gasteiger partial charge in [0.25, 0.3) is 0 Å². The topological polar surface area (TPSA) is 78.4 Å². The number of guanidine groups is 1. The van der Waals surface area contributed by atoms with Crippen LogP contribution in [-0.4, -0.2) is 36.5 Å². The smallest absolute Gasteiger partial charge is 0.357 e. The van der Waals surface area contributed by atoms with E-state index in [0.717, 1.165) is 23.1 Å². The van der Waals surface area contributed by atoms with Crippen LogP contribution in [0.15, 0.2) is 10.4 Å². The second kappa shape index (κ2) is 10.1. The lowest BCUT2D eigenvalue weighted by Gasteiger charge is -2.10. The van der Waals surface area contributed by atoms with Crippen LogP contribution in [0.25, 0.3) is 0 Å². The molecule has 0 bridgehead atoms. The number of halogens is 3. The van der Waals surface area contributed by atoms with Crippen molar-refractivity contribution >= 4 is 23.2 Å². The molecular formula is C14H22F3N5OS. The molecule has 1 heterocycles. The number of hydrogen-bond donors (Lipinski definition) is 3. The van der Waals surface area contributed by atoms with Gasteiger partial charge in [0.2, 0.25) is 5.91 Å².